The summed E-state index contributed by atoms with van der Waals surface area (Å²) >= 11 is 6.05. The van der Waals surface area contributed by atoms with Crippen LogP contribution in [0.2, 0.25) is 5.02 Å². The van der Waals surface area contributed by atoms with E-state index in [0.717, 1.165) is 24.2 Å². The second-order valence-corrected chi connectivity index (χ2v) is 8.43. The molecule has 35 heavy (non-hydrogen) atoms. The van der Waals surface area contributed by atoms with Crippen LogP contribution >= 0.6 is 11.6 Å². The van der Waals surface area contributed by atoms with Gasteiger partial charge in [0.25, 0.3) is 18.3 Å². The summed E-state index contributed by atoms with van der Waals surface area (Å²) in [5.74, 6) is 0.173. The topological polar surface area (TPSA) is 156 Å². The molecule has 2 amide bonds. The summed E-state index contributed by atoms with van der Waals surface area (Å²) in [7, 11) is 0. The molecule has 1 fully saturated rings. The highest BCUT2D eigenvalue weighted by molar-refractivity contribution is 6.31. The highest BCUT2D eigenvalue weighted by Crippen LogP contribution is 2.32. The number of nitrogens with zero attached hydrogens (tertiary/aromatic N) is 4. The molecule has 4 heterocycles. The van der Waals surface area contributed by atoms with E-state index < -0.39 is 11.9 Å². The molecule has 1 saturated heterocycles. The lowest BCUT2D eigenvalue weighted by Gasteiger charge is -2.18. The van der Waals surface area contributed by atoms with Crippen LogP contribution in [-0.4, -0.2) is 70.9 Å². The minimum Gasteiger partial charge on any atom is -0.483 e. The van der Waals surface area contributed by atoms with Crippen molar-refractivity contribution >= 4 is 41.7 Å². The summed E-state index contributed by atoms with van der Waals surface area (Å²) < 4.78 is 24.2. The van der Waals surface area contributed by atoms with E-state index in [1.165, 1.54) is 17.3 Å². The van der Waals surface area contributed by atoms with Crippen molar-refractivity contribution < 1.29 is 33.4 Å². The van der Waals surface area contributed by atoms with E-state index in [9.17, 15) is 14.0 Å². The molecule has 186 valence electrons. The second-order valence-electron chi connectivity index (χ2n) is 8.05. The van der Waals surface area contributed by atoms with Crippen LogP contribution in [0.25, 0.3) is 0 Å². The molecule has 3 aliphatic rings. The quantitative estimate of drug-likeness (QED) is 0.385. The molecule has 0 radical (unpaired) electrons. The molecule has 1 aliphatic carbocycles. The van der Waals surface area contributed by atoms with Crippen molar-refractivity contribution in [1.29, 1.82) is 0 Å². The smallest absolute Gasteiger partial charge is 0.415 e. The largest absolute Gasteiger partial charge is 0.483 e. The Morgan fingerprint density at radius 3 is 2.91 bits per heavy atom. The first-order valence-corrected chi connectivity index (χ1v) is 11.2. The zero-order chi connectivity index (χ0) is 24.9. The molecule has 3 N–H and O–H groups in total. The zero-order valence-corrected chi connectivity index (χ0v) is 19.1. The summed E-state index contributed by atoms with van der Waals surface area (Å²) in [5.41, 5.74) is 1.66. The number of anilines is 2. The normalized spacial score (nSPS) is 20.1. The van der Waals surface area contributed by atoms with Crippen molar-refractivity contribution in [3.05, 3.63) is 34.5 Å². The van der Waals surface area contributed by atoms with Crippen molar-refractivity contribution in [1.82, 2.24) is 20.3 Å². The molecule has 2 aromatic rings. The number of carboxylic acid groups (broad SMARTS) is 1. The van der Waals surface area contributed by atoms with Crippen LogP contribution in [0.1, 0.15) is 17.7 Å². The van der Waals surface area contributed by atoms with Gasteiger partial charge in [0, 0.05) is 5.69 Å². The Morgan fingerprint density at radius 2 is 2.11 bits per heavy atom. The monoisotopic (exact) mass is 508 g/mol. The molecular weight excluding hydrogens is 487 g/mol. The number of ether oxygens (including phenoxy) is 2. The van der Waals surface area contributed by atoms with Crippen molar-refractivity contribution in [3.63, 3.8) is 0 Å². The fourth-order valence-corrected chi connectivity index (χ4v) is 4.35. The predicted octanol–water partition coefficient (Wildman–Crippen LogP) is 1.42. The molecule has 2 unspecified atom stereocenters. The van der Waals surface area contributed by atoms with Crippen LogP contribution in [0.15, 0.2) is 12.4 Å². The first-order valence-electron chi connectivity index (χ1n) is 10.8. The highest BCUT2D eigenvalue weighted by Gasteiger charge is 2.34. The molecule has 2 aliphatic heterocycles. The van der Waals surface area contributed by atoms with Crippen molar-refractivity contribution in [2.75, 3.05) is 36.5 Å². The molecule has 0 spiro atoms. The van der Waals surface area contributed by atoms with Gasteiger partial charge in [-0.05, 0) is 43.8 Å². The number of fused-ring (bicyclic) bond motifs is 2. The van der Waals surface area contributed by atoms with Gasteiger partial charge in [-0.3, -0.25) is 19.5 Å². The van der Waals surface area contributed by atoms with Gasteiger partial charge in [0.2, 0.25) is 0 Å². The summed E-state index contributed by atoms with van der Waals surface area (Å²) in [5, 5.41) is 13.0. The van der Waals surface area contributed by atoms with Crippen LogP contribution in [0, 0.1) is 11.7 Å². The highest BCUT2D eigenvalue weighted by atomic mass is 35.5. The molecule has 2 atom stereocenters. The van der Waals surface area contributed by atoms with Gasteiger partial charge >= 0.3 is 6.09 Å². The summed E-state index contributed by atoms with van der Waals surface area (Å²) in [6.45, 7) is 1.34. The number of carbonyl (C=O) groups is 3. The maximum atomic E-state index is 13.6. The van der Waals surface area contributed by atoms with Gasteiger partial charge in [0.05, 0.1) is 24.0 Å². The number of halogens is 2. The molecule has 0 saturated carbocycles. The standard InChI is InChI=1S/C20H20ClFN6O4.CH2O2/c21-17-12-3-10(4-14(12)24-6-13(17)22)5-23-2-1-11-8-28(20(30)32-11)15-7-25-19-18(26-15)27-16(29)9-31-19;2-1-3/h6-7,10-11,23H,1-5,8-9H2,(H,26,27,29);1H,(H,2,3). The van der Waals surface area contributed by atoms with Gasteiger partial charge in [-0.2, -0.15) is 0 Å². The van der Waals surface area contributed by atoms with E-state index in [1.807, 2.05) is 0 Å². The fourth-order valence-electron chi connectivity index (χ4n) is 4.12. The number of aromatic nitrogens is 3. The van der Waals surface area contributed by atoms with E-state index in [-0.39, 0.29) is 47.6 Å². The van der Waals surface area contributed by atoms with Crippen LogP contribution in [-0.2, 0) is 27.2 Å². The zero-order valence-electron chi connectivity index (χ0n) is 18.4. The maximum absolute atomic E-state index is 13.6. The number of carbonyl (C=O) groups excluding carboxylic acids is 2. The number of amides is 2. The van der Waals surface area contributed by atoms with E-state index in [0.29, 0.717) is 31.8 Å². The first kappa shape index (κ1) is 24.5. The third-order valence-corrected chi connectivity index (χ3v) is 6.09. The van der Waals surface area contributed by atoms with Gasteiger partial charge in [-0.1, -0.05) is 11.6 Å². The van der Waals surface area contributed by atoms with Crippen molar-refractivity contribution in [3.8, 4) is 5.88 Å². The lowest BCUT2D eigenvalue weighted by atomic mass is 10.1. The van der Waals surface area contributed by atoms with Crippen LogP contribution < -0.4 is 20.3 Å². The van der Waals surface area contributed by atoms with Gasteiger partial charge in [0.15, 0.2) is 24.1 Å². The number of hydrogen-bond acceptors (Lipinski definition) is 9. The third kappa shape index (κ3) is 5.57. The first-order chi connectivity index (χ1) is 16.9. The Hall–Kier alpha value is -3.58. The molecule has 14 heteroatoms. The summed E-state index contributed by atoms with van der Waals surface area (Å²) in [4.78, 5) is 46.0. The Morgan fingerprint density at radius 1 is 1.31 bits per heavy atom. The molecule has 0 aromatic carbocycles. The minimum atomic E-state index is -0.513. The van der Waals surface area contributed by atoms with E-state index in [4.69, 9.17) is 31.0 Å². The van der Waals surface area contributed by atoms with Crippen LogP contribution in [0.3, 0.4) is 0 Å². The third-order valence-electron chi connectivity index (χ3n) is 5.68. The SMILES string of the molecule is O=C1COc2ncc(N3CC(CCNCC4Cc5ncc(F)c(Cl)c5C4)OC3=O)nc2N1.O=CO. The number of nitrogens with one attached hydrogen (secondary N) is 2. The Balaban J connectivity index is 0.000000917. The lowest BCUT2D eigenvalue weighted by Crippen LogP contribution is -2.30. The number of rotatable bonds is 6. The number of cyclic esters (lactones) is 1. The molecule has 12 nitrogen and oxygen atoms in total. The summed E-state index contributed by atoms with van der Waals surface area (Å²) in [6.07, 6.45) is 3.84. The molecule has 5 rings (SSSR count). The van der Waals surface area contributed by atoms with Gasteiger partial charge in [-0.25, -0.2) is 19.2 Å². The molecular formula is C21H22ClFN6O6. The average Bonchev–Trinajstić information content (AvgIpc) is 3.42. The van der Waals surface area contributed by atoms with E-state index in [2.05, 4.69) is 25.6 Å². The number of hydrogen-bond donors (Lipinski definition) is 3. The van der Waals surface area contributed by atoms with E-state index >= 15 is 0 Å². The predicted molar refractivity (Wildman–Crippen MR) is 120 cm³/mol. The van der Waals surface area contributed by atoms with E-state index in [1.54, 1.807) is 0 Å². The van der Waals surface area contributed by atoms with Gasteiger partial charge in [-0.15, -0.1) is 0 Å². The Labute approximate surface area is 203 Å². The Kier molecular flexibility index (Phi) is 7.56. The van der Waals surface area contributed by atoms with Crippen molar-refractivity contribution in [2.24, 2.45) is 5.92 Å². The fraction of sp³-hybridized carbons (Fsp3) is 0.429. The lowest BCUT2D eigenvalue weighted by molar-refractivity contribution is -0.123. The van der Waals surface area contributed by atoms with Crippen molar-refractivity contribution in [2.45, 2.75) is 25.4 Å². The maximum Gasteiger partial charge on any atom is 0.415 e. The van der Waals surface area contributed by atoms with Gasteiger partial charge in [0.1, 0.15) is 6.10 Å². The molecule has 0 bridgehead atoms. The summed E-state index contributed by atoms with van der Waals surface area (Å²) in [6, 6.07) is 0. The van der Waals surface area contributed by atoms with Crippen LogP contribution in [0.4, 0.5) is 20.8 Å². The number of pyridine rings is 1. The Bertz CT molecular complexity index is 1140. The minimum absolute atomic E-state index is 0.116. The second kappa shape index (κ2) is 10.8. The molecule has 2 aromatic heterocycles. The van der Waals surface area contributed by atoms with Crippen LogP contribution in [0.5, 0.6) is 5.88 Å². The van der Waals surface area contributed by atoms with Gasteiger partial charge < -0.3 is 25.2 Å². The average molecular weight is 509 g/mol.